The third-order valence-corrected chi connectivity index (χ3v) is 4.94. The van der Waals surface area contributed by atoms with Crippen LogP contribution in [0.25, 0.3) is 0 Å². The van der Waals surface area contributed by atoms with E-state index in [1.807, 2.05) is 14.0 Å². The second-order valence-corrected chi connectivity index (χ2v) is 6.81. The second-order valence-electron chi connectivity index (χ2n) is 6.81. The molecule has 1 aliphatic carbocycles. The molecular weight excluding hydrogens is 312 g/mol. The smallest absolute Gasteiger partial charge is 0.191 e. The minimum atomic E-state index is 0.132. The number of hydrogen-bond donors (Lipinski definition) is 3. The van der Waals surface area contributed by atoms with Gasteiger partial charge in [0, 0.05) is 38.3 Å². The van der Waals surface area contributed by atoms with Crippen LogP contribution in [-0.2, 0) is 4.74 Å². The van der Waals surface area contributed by atoms with Crippen LogP contribution in [0.2, 0.25) is 0 Å². The van der Waals surface area contributed by atoms with Crippen molar-refractivity contribution >= 4 is 5.96 Å². The van der Waals surface area contributed by atoms with E-state index < -0.39 is 0 Å². The first kappa shape index (κ1) is 19.7. The lowest BCUT2D eigenvalue weighted by Crippen LogP contribution is -2.54. The van der Waals surface area contributed by atoms with Gasteiger partial charge in [-0.05, 0) is 32.3 Å². The molecule has 0 bridgehead atoms. The summed E-state index contributed by atoms with van der Waals surface area (Å²) in [6.07, 6.45) is 4.97. The van der Waals surface area contributed by atoms with E-state index in [2.05, 4.69) is 58.2 Å². The minimum Gasteiger partial charge on any atom is -0.380 e. The Bertz CT molecular complexity index is 512. The average Bonchev–Trinajstić information content (AvgIpc) is 3.10. The Balaban J connectivity index is 1.88. The van der Waals surface area contributed by atoms with Crippen molar-refractivity contribution in [2.45, 2.75) is 51.1 Å². The molecule has 3 N–H and O–H groups in total. The second kappa shape index (κ2) is 10.4. The molecule has 1 fully saturated rings. The van der Waals surface area contributed by atoms with Gasteiger partial charge in [-0.1, -0.05) is 43.2 Å². The third-order valence-electron chi connectivity index (χ3n) is 4.94. The fourth-order valence-corrected chi connectivity index (χ4v) is 3.57. The van der Waals surface area contributed by atoms with Crippen molar-refractivity contribution in [1.82, 2.24) is 16.0 Å². The molecule has 140 valence electrons. The molecule has 0 aromatic heterocycles. The quantitative estimate of drug-likeness (QED) is 0.366. The van der Waals surface area contributed by atoms with E-state index in [0.717, 1.165) is 25.7 Å². The number of benzene rings is 1. The first-order valence-corrected chi connectivity index (χ1v) is 9.54. The monoisotopic (exact) mass is 346 g/mol. The Kier molecular flexibility index (Phi) is 8.22. The number of rotatable bonds is 9. The molecule has 0 radical (unpaired) electrons. The zero-order chi connectivity index (χ0) is 18.0. The van der Waals surface area contributed by atoms with Gasteiger partial charge in [0.2, 0.25) is 0 Å². The Hall–Kier alpha value is -1.59. The van der Waals surface area contributed by atoms with E-state index in [1.54, 1.807) is 0 Å². The molecule has 0 aliphatic heterocycles. The fourth-order valence-electron chi connectivity index (χ4n) is 3.57. The van der Waals surface area contributed by atoms with Gasteiger partial charge in [-0.15, -0.1) is 0 Å². The molecule has 1 saturated carbocycles. The zero-order valence-corrected chi connectivity index (χ0v) is 16.0. The zero-order valence-electron chi connectivity index (χ0n) is 16.0. The molecule has 1 aliphatic rings. The molecule has 1 aromatic rings. The average molecular weight is 347 g/mol. The summed E-state index contributed by atoms with van der Waals surface area (Å²) in [7, 11) is 1.82. The highest BCUT2D eigenvalue weighted by atomic mass is 16.5. The number of aliphatic imine (C=N–C) groups is 1. The van der Waals surface area contributed by atoms with E-state index in [-0.39, 0.29) is 5.54 Å². The SMILES string of the molecule is CCOCCNC(=NC)NCC1(NC(C)c2ccccc2)CCCC1. The van der Waals surface area contributed by atoms with Gasteiger partial charge in [-0.2, -0.15) is 0 Å². The molecule has 1 atom stereocenters. The molecule has 5 nitrogen and oxygen atoms in total. The van der Waals surface area contributed by atoms with Crippen molar-refractivity contribution < 1.29 is 4.74 Å². The van der Waals surface area contributed by atoms with Gasteiger partial charge >= 0.3 is 0 Å². The first-order valence-electron chi connectivity index (χ1n) is 9.54. The number of ether oxygens (including phenoxy) is 1. The van der Waals surface area contributed by atoms with Crippen LogP contribution in [-0.4, -0.2) is 44.8 Å². The van der Waals surface area contributed by atoms with Crippen LogP contribution in [0, 0.1) is 0 Å². The van der Waals surface area contributed by atoms with Crippen molar-refractivity contribution in [3.05, 3.63) is 35.9 Å². The molecule has 0 saturated heterocycles. The standard InChI is InChI=1S/C20H34N4O/c1-4-25-15-14-22-19(21-3)23-16-20(12-8-9-13-20)24-17(2)18-10-6-5-7-11-18/h5-7,10-11,17,24H,4,8-9,12-16H2,1-3H3,(H2,21,22,23). The van der Waals surface area contributed by atoms with Crippen LogP contribution >= 0.6 is 0 Å². The highest BCUT2D eigenvalue weighted by molar-refractivity contribution is 5.79. The molecule has 0 heterocycles. The van der Waals surface area contributed by atoms with Gasteiger partial charge < -0.3 is 20.7 Å². The summed E-state index contributed by atoms with van der Waals surface area (Å²) in [4.78, 5) is 4.33. The fraction of sp³-hybridized carbons (Fsp3) is 0.650. The number of nitrogens with zero attached hydrogens (tertiary/aromatic N) is 1. The normalized spacial score (nSPS) is 18.1. The van der Waals surface area contributed by atoms with E-state index in [1.165, 1.54) is 31.2 Å². The van der Waals surface area contributed by atoms with Crippen LogP contribution in [0.1, 0.15) is 51.1 Å². The number of guanidine groups is 1. The molecule has 1 unspecified atom stereocenters. The molecule has 2 rings (SSSR count). The van der Waals surface area contributed by atoms with Crippen molar-refractivity contribution in [3.8, 4) is 0 Å². The molecular formula is C20H34N4O. The molecule has 0 spiro atoms. The molecule has 1 aromatic carbocycles. The topological polar surface area (TPSA) is 57.7 Å². The first-order chi connectivity index (χ1) is 12.2. The van der Waals surface area contributed by atoms with Crippen LogP contribution in [0.3, 0.4) is 0 Å². The van der Waals surface area contributed by atoms with Gasteiger partial charge in [-0.3, -0.25) is 4.99 Å². The minimum absolute atomic E-state index is 0.132. The summed E-state index contributed by atoms with van der Waals surface area (Å²) in [6.45, 7) is 7.37. The van der Waals surface area contributed by atoms with Crippen LogP contribution in [0.5, 0.6) is 0 Å². The lowest BCUT2D eigenvalue weighted by Gasteiger charge is -2.35. The summed E-state index contributed by atoms with van der Waals surface area (Å²) in [5, 5.41) is 10.7. The summed E-state index contributed by atoms with van der Waals surface area (Å²) in [5.41, 5.74) is 1.47. The van der Waals surface area contributed by atoms with Crippen molar-refractivity contribution in [1.29, 1.82) is 0 Å². The van der Waals surface area contributed by atoms with Gasteiger partial charge in [0.05, 0.1) is 6.61 Å². The Morgan fingerprint density at radius 2 is 1.92 bits per heavy atom. The van der Waals surface area contributed by atoms with Gasteiger partial charge in [0.1, 0.15) is 0 Å². The molecule has 0 amide bonds. The van der Waals surface area contributed by atoms with Crippen molar-refractivity contribution in [2.75, 3.05) is 33.4 Å². The van der Waals surface area contributed by atoms with Crippen molar-refractivity contribution in [2.24, 2.45) is 4.99 Å². The third kappa shape index (κ3) is 6.33. The lowest BCUT2D eigenvalue weighted by molar-refractivity contribution is 0.152. The Morgan fingerprint density at radius 3 is 2.56 bits per heavy atom. The predicted molar refractivity (Wildman–Crippen MR) is 105 cm³/mol. The maximum atomic E-state index is 5.37. The predicted octanol–water partition coefficient (Wildman–Crippen LogP) is 2.85. The largest absolute Gasteiger partial charge is 0.380 e. The Labute approximate surface area is 152 Å². The van der Waals surface area contributed by atoms with E-state index in [9.17, 15) is 0 Å². The maximum absolute atomic E-state index is 5.37. The van der Waals surface area contributed by atoms with E-state index in [0.29, 0.717) is 12.6 Å². The number of nitrogens with one attached hydrogen (secondary N) is 3. The summed E-state index contributed by atoms with van der Waals surface area (Å²) < 4.78 is 5.37. The van der Waals surface area contributed by atoms with Gasteiger partial charge in [-0.25, -0.2) is 0 Å². The van der Waals surface area contributed by atoms with Gasteiger partial charge in [0.15, 0.2) is 5.96 Å². The Morgan fingerprint density at radius 1 is 1.20 bits per heavy atom. The van der Waals surface area contributed by atoms with Crippen LogP contribution in [0.4, 0.5) is 0 Å². The summed E-state index contributed by atoms with van der Waals surface area (Å²) >= 11 is 0. The van der Waals surface area contributed by atoms with E-state index >= 15 is 0 Å². The highest BCUT2D eigenvalue weighted by Crippen LogP contribution is 2.31. The van der Waals surface area contributed by atoms with E-state index in [4.69, 9.17) is 4.74 Å². The van der Waals surface area contributed by atoms with Crippen LogP contribution < -0.4 is 16.0 Å². The summed E-state index contributed by atoms with van der Waals surface area (Å²) in [6, 6.07) is 11.0. The lowest BCUT2D eigenvalue weighted by atomic mass is 9.94. The molecule has 25 heavy (non-hydrogen) atoms. The maximum Gasteiger partial charge on any atom is 0.191 e. The molecule has 5 heteroatoms. The highest BCUT2D eigenvalue weighted by Gasteiger charge is 2.35. The van der Waals surface area contributed by atoms with Gasteiger partial charge in [0.25, 0.3) is 0 Å². The summed E-state index contributed by atoms with van der Waals surface area (Å²) in [5.74, 6) is 0.847. The number of hydrogen-bond acceptors (Lipinski definition) is 3. The van der Waals surface area contributed by atoms with Crippen LogP contribution in [0.15, 0.2) is 35.3 Å². The van der Waals surface area contributed by atoms with Crippen molar-refractivity contribution in [3.63, 3.8) is 0 Å².